The van der Waals surface area contributed by atoms with E-state index in [-0.39, 0.29) is 5.75 Å². The molecule has 1 rings (SSSR count). The lowest BCUT2D eigenvalue weighted by Gasteiger charge is -2.01. The van der Waals surface area contributed by atoms with Crippen molar-refractivity contribution >= 4 is 26.5 Å². The molecule has 0 amide bonds. The molecule has 0 spiro atoms. The van der Waals surface area contributed by atoms with E-state index in [4.69, 9.17) is 0 Å². The van der Waals surface area contributed by atoms with Gasteiger partial charge in [0.25, 0.3) is 0 Å². The predicted octanol–water partition coefficient (Wildman–Crippen LogP) is 1.89. The molecule has 1 aromatic heterocycles. The smallest absolute Gasteiger partial charge is 0.234 e. The third-order valence-corrected chi connectivity index (χ3v) is 4.21. The molecular weight excluding hydrogens is 246 g/mol. The van der Waals surface area contributed by atoms with Crippen LogP contribution in [-0.2, 0) is 16.4 Å². The van der Waals surface area contributed by atoms with Crippen molar-refractivity contribution in [3.05, 3.63) is 5.01 Å². The van der Waals surface area contributed by atoms with Gasteiger partial charge in [-0.1, -0.05) is 32.1 Å². The quantitative estimate of drug-likeness (QED) is 0.850. The summed E-state index contributed by atoms with van der Waals surface area (Å²) < 4.78 is 25.3. The first-order valence-electron chi connectivity index (χ1n) is 5.26. The summed E-state index contributed by atoms with van der Waals surface area (Å²) in [5, 5.41) is 8.99. The minimum absolute atomic E-state index is 0.117. The third-order valence-electron chi connectivity index (χ3n) is 1.77. The van der Waals surface area contributed by atoms with Crippen molar-refractivity contribution in [3.63, 3.8) is 0 Å². The first-order valence-corrected chi connectivity index (χ1v) is 7.72. The van der Waals surface area contributed by atoms with E-state index in [1.54, 1.807) is 0 Å². The van der Waals surface area contributed by atoms with Crippen molar-refractivity contribution in [1.29, 1.82) is 0 Å². The highest BCUT2D eigenvalue weighted by Crippen LogP contribution is 2.19. The fraction of sp³-hybridized carbons (Fsp3) is 0.778. The van der Waals surface area contributed by atoms with Crippen LogP contribution in [0.4, 0.5) is 5.13 Å². The van der Waals surface area contributed by atoms with Gasteiger partial charge in [0, 0.05) is 6.42 Å². The molecular formula is C9H17N3O2S2. The summed E-state index contributed by atoms with van der Waals surface area (Å²) in [4.78, 5) is 0. The van der Waals surface area contributed by atoms with Crippen molar-refractivity contribution in [2.75, 3.05) is 10.5 Å². The Morgan fingerprint density at radius 3 is 2.62 bits per heavy atom. The molecule has 0 aliphatic carbocycles. The van der Waals surface area contributed by atoms with Crippen LogP contribution in [0.2, 0.25) is 0 Å². The fourth-order valence-electron chi connectivity index (χ4n) is 1.18. The van der Waals surface area contributed by atoms with Crippen LogP contribution in [0.15, 0.2) is 0 Å². The van der Waals surface area contributed by atoms with Gasteiger partial charge in [0.2, 0.25) is 15.2 Å². The van der Waals surface area contributed by atoms with E-state index in [0.717, 1.165) is 11.4 Å². The van der Waals surface area contributed by atoms with E-state index in [1.165, 1.54) is 11.3 Å². The first kappa shape index (κ1) is 13.4. The number of nitrogens with one attached hydrogen (secondary N) is 1. The highest BCUT2D eigenvalue weighted by Gasteiger charge is 2.13. The molecule has 0 bridgehead atoms. The summed E-state index contributed by atoms with van der Waals surface area (Å²) in [6, 6.07) is 0. The lowest BCUT2D eigenvalue weighted by molar-refractivity contribution is 0.599. The Labute approximate surface area is 100 Å². The Morgan fingerprint density at radius 1 is 1.38 bits per heavy atom. The Hall–Kier alpha value is -0.690. The second kappa shape index (κ2) is 5.58. The highest BCUT2D eigenvalue weighted by atomic mass is 32.2. The SMILES string of the molecule is CCCS(=O)(=O)Nc1nnc(CC(C)C)s1. The summed E-state index contributed by atoms with van der Waals surface area (Å²) in [5.74, 6) is 0.611. The topological polar surface area (TPSA) is 72.0 Å². The molecule has 0 aromatic carbocycles. The molecule has 1 N–H and O–H groups in total. The van der Waals surface area contributed by atoms with Crippen molar-refractivity contribution in [2.24, 2.45) is 5.92 Å². The lowest BCUT2D eigenvalue weighted by atomic mass is 10.1. The molecule has 0 atom stereocenters. The van der Waals surface area contributed by atoms with Gasteiger partial charge in [-0.3, -0.25) is 4.72 Å². The average Bonchev–Trinajstić information content (AvgIpc) is 2.49. The molecule has 1 aromatic rings. The maximum atomic E-state index is 11.5. The van der Waals surface area contributed by atoms with Crippen LogP contribution in [0, 0.1) is 5.92 Å². The standard InChI is InChI=1S/C9H17N3O2S2/c1-4-5-16(13,14)12-9-11-10-8(15-9)6-7(2)3/h7H,4-6H2,1-3H3,(H,11,12). The molecule has 16 heavy (non-hydrogen) atoms. The number of nitrogens with zero attached hydrogens (tertiary/aromatic N) is 2. The number of rotatable bonds is 6. The molecule has 7 heteroatoms. The molecule has 0 unspecified atom stereocenters. The summed E-state index contributed by atoms with van der Waals surface area (Å²) in [5.41, 5.74) is 0. The minimum Gasteiger partial charge on any atom is -0.257 e. The third kappa shape index (κ3) is 4.44. The van der Waals surface area contributed by atoms with Crippen molar-refractivity contribution in [2.45, 2.75) is 33.6 Å². The van der Waals surface area contributed by atoms with Gasteiger partial charge in [0.1, 0.15) is 5.01 Å². The maximum absolute atomic E-state index is 11.5. The summed E-state index contributed by atoms with van der Waals surface area (Å²) in [6.07, 6.45) is 1.42. The molecule has 92 valence electrons. The Bertz CT molecular complexity index is 426. The van der Waals surface area contributed by atoms with E-state index in [0.29, 0.717) is 17.5 Å². The minimum atomic E-state index is -3.24. The molecule has 0 aliphatic heterocycles. The normalized spacial score (nSPS) is 12.0. The van der Waals surface area contributed by atoms with Crippen molar-refractivity contribution < 1.29 is 8.42 Å². The van der Waals surface area contributed by atoms with E-state index < -0.39 is 10.0 Å². The van der Waals surface area contributed by atoms with Gasteiger partial charge in [0.15, 0.2) is 0 Å². The largest absolute Gasteiger partial charge is 0.257 e. The van der Waals surface area contributed by atoms with Crippen LogP contribution < -0.4 is 4.72 Å². The van der Waals surface area contributed by atoms with Crippen LogP contribution in [0.5, 0.6) is 0 Å². The number of sulfonamides is 1. The Balaban J connectivity index is 2.65. The van der Waals surface area contributed by atoms with Crippen molar-refractivity contribution in [1.82, 2.24) is 10.2 Å². The maximum Gasteiger partial charge on any atom is 0.234 e. The predicted molar refractivity (Wildman–Crippen MR) is 66.2 cm³/mol. The fourth-order valence-corrected chi connectivity index (χ4v) is 3.48. The van der Waals surface area contributed by atoms with Gasteiger partial charge in [-0.2, -0.15) is 0 Å². The highest BCUT2D eigenvalue weighted by molar-refractivity contribution is 7.92. The van der Waals surface area contributed by atoms with E-state index in [9.17, 15) is 8.42 Å². The second-order valence-electron chi connectivity index (χ2n) is 4.02. The number of aromatic nitrogens is 2. The van der Waals surface area contributed by atoms with Gasteiger partial charge in [0.05, 0.1) is 5.75 Å². The van der Waals surface area contributed by atoms with Crippen LogP contribution in [-0.4, -0.2) is 24.4 Å². The second-order valence-corrected chi connectivity index (χ2v) is 6.92. The monoisotopic (exact) mass is 263 g/mol. The number of hydrogen-bond donors (Lipinski definition) is 1. The molecule has 0 aliphatic rings. The van der Waals surface area contributed by atoms with Crippen LogP contribution in [0.1, 0.15) is 32.2 Å². The lowest BCUT2D eigenvalue weighted by Crippen LogP contribution is -2.15. The van der Waals surface area contributed by atoms with Gasteiger partial charge in [-0.15, -0.1) is 10.2 Å². The Kier molecular flexibility index (Phi) is 4.67. The molecule has 0 radical (unpaired) electrons. The van der Waals surface area contributed by atoms with Crippen LogP contribution >= 0.6 is 11.3 Å². The van der Waals surface area contributed by atoms with E-state index in [2.05, 4.69) is 28.8 Å². The zero-order chi connectivity index (χ0) is 12.2. The average molecular weight is 263 g/mol. The Morgan fingerprint density at radius 2 is 2.06 bits per heavy atom. The summed E-state index contributed by atoms with van der Waals surface area (Å²) in [7, 11) is -3.24. The van der Waals surface area contributed by atoms with Crippen LogP contribution in [0.3, 0.4) is 0 Å². The first-order chi connectivity index (χ1) is 7.43. The van der Waals surface area contributed by atoms with Crippen LogP contribution in [0.25, 0.3) is 0 Å². The summed E-state index contributed by atoms with van der Waals surface area (Å²) >= 11 is 1.30. The van der Waals surface area contributed by atoms with E-state index >= 15 is 0 Å². The van der Waals surface area contributed by atoms with Crippen molar-refractivity contribution in [3.8, 4) is 0 Å². The zero-order valence-corrected chi connectivity index (χ0v) is 11.4. The number of anilines is 1. The molecule has 1 heterocycles. The van der Waals surface area contributed by atoms with Gasteiger partial charge < -0.3 is 0 Å². The number of hydrogen-bond acceptors (Lipinski definition) is 5. The molecule has 0 saturated heterocycles. The molecule has 0 saturated carbocycles. The summed E-state index contributed by atoms with van der Waals surface area (Å²) in [6.45, 7) is 5.99. The van der Waals surface area contributed by atoms with Gasteiger partial charge >= 0.3 is 0 Å². The molecule has 5 nitrogen and oxygen atoms in total. The van der Waals surface area contributed by atoms with Gasteiger partial charge in [-0.25, -0.2) is 8.42 Å². The van der Waals surface area contributed by atoms with E-state index in [1.807, 2.05) is 6.92 Å². The zero-order valence-electron chi connectivity index (χ0n) is 9.73. The van der Waals surface area contributed by atoms with Gasteiger partial charge in [-0.05, 0) is 12.3 Å². The molecule has 0 fully saturated rings.